The molecule has 0 amide bonds. The molecular formula is C13H21BrN4O. The second-order valence-electron chi connectivity index (χ2n) is 5.28. The number of halogens is 1. The maximum Gasteiger partial charge on any atom is 0.267 e. The van der Waals surface area contributed by atoms with E-state index in [1.54, 1.807) is 0 Å². The molecule has 0 saturated carbocycles. The fraction of sp³-hybridized carbons (Fsp3) is 0.692. The minimum atomic E-state index is -0.119. The minimum absolute atomic E-state index is 0.119. The highest BCUT2D eigenvalue weighted by Gasteiger charge is 2.25. The summed E-state index contributed by atoms with van der Waals surface area (Å²) in [5.41, 5.74) is -0.119. The Kier molecular flexibility index (Phi) is 4.99. The fourth-order valence-electron chi connectivity index (χ4n) is 2.44. The van der Waals surface area contributed by atoms with Crippen molar-refractivity contribution in [2.45, 2.75) is 45.2 Å². The summed E-state index contributed by atoms with van der Waals surface area (Å²) < 4.78 is 0.534. The zero-order valence-electron chi connectivity index (χ0n) is 11.4. The molecule has 1 fully saturated rings. The largest absolute Gasteiger partial charge is 0.351 e. The van der Waals surface area contributed by atoms with E-state index < -0.39 is 0 Å². The zero-order chi connectivity index (χ0) is 13.8. The molecular weight excluding hydrogens is 308 g/mol. The minimum Gasteiger partial charge on any atom is -0.351 e. The quantitative estimate of drug-likeness (QED) is 0.886. The average Bonchev–Trinajstić information content (AvgIpc) is 2.40. The van der Waals surface area contributed by atoms with E-state index >= 15 is 0 Å². The van der Waals surface area contributed by atoms with E-state index in [0.717, 1.165) is 31.7 Å². The van der Waals surface area contributed by atoms with Crippen LogP contribution in [0.15, 0.2) is 15.6 Å². The number of aromatic amines is 1. The molecule has 1 atom stereocenters. The highest BCUT2D eigenvalue weighted by atomic mass is 79.9. The third-order valence-corrected chi connectivity index (χ3v) is 4.15. The first-order valence-electron chi connectivity index (χ1n) is 6.83. The summed E-state index contributed by atoms with van der Waals surface area (Å²) in [6.45, 7) is 6.18. The predicted molar refractivity (Wildman–Crippen MR) is 80.7 cm³/mol. The number of hydrogen-bond acceptors (Lipinski definition) is 4. The third-order valence-electron chi connectivity index (χ3n) is 3.44. The summed E-state index contributed by atoms with van der Waals surface area (Å²) in [6.07, 6.45) is 5.01. The molecule has 1 aromatic rings. The van der Waals surface area contributed by atoms with Crippen molar-refractivity contribution in [2.24, 2.45) is 0 Å². The standard InChI is InChI=1S/C13H21BrN4O/c1-9(2)15-7-10-5-3-4-6-18(10)12-11(14)13(19)17-8-16-12/h8-10,15H,3-7H2,1-2H3,(H,16,17,19). The van der Waals surface area contributed by atoms with Crippen molar-refractivity contribution in [3.05, 3.63) is 21.2 Å². The molecule has 0 aliphatic carbocycles. The molecule has 5 nitrogen and oxygen atoms in total. The molecule has 0 bridgehead atoms. The molecule has 1 aliphatic rings. The van der Waals surface area contributed by atoms with Gasteiger partial charge in [-0.15, -0.1) is 0 Å². The molecule has 0 radical (unpaired) electrons. The van der Waals surface area contributed by atoms with Crippen molar-refractivity contribution in [1.82, 2.24) is 15.3 Å². The summed E-state index contributed by atoms with van der Waals surface area (Å²) in [6, 6.07) is 0.876. The second kappa shape index (κ2) is 6.52. The van der Waals surface area contributed by atoms with Crippen LogP contribution < -0.4 is 15.8 Å². The highest BCUT2D eigenvalue weighted by Crippen LogP contribution is 2.26. The Bertz CT molecular complexity index is 474. The molecule has 1 aromatic heterocycles. The predicted octanol–water partition coefficient (Wildman–Crippen LogP) is 1.89. The number of anilines is 1. The molecule has 1 aliphatic heterocycles. The van der Waals surface area contributed by atoms with Gasteiger partial charge in [0.2, 0.25) is 0 Å². The van der Waals surface area contributed by atoms with Crippen LogP contribution in [0.3, 0.4) is 0 Å². The van der Waals surface area contributed by atoms with Gasteiger partial charge in [0.1, 0.15) is 4.47 Å². The fourth-order valence-corrected chi connectivity index (χ4v) is 2.88. The van der Waals surface area contributed by atoms with Crippen LogP contribution in [0.4, 0.5) is 5.82 Å². The van der Waals surface area contributed by atoms with Gasteiger partial charge in [-0.3, -0.25) is 4.79 Å². The number of piperidine rings is 1. The van der Waals surface area contributed by atoms with Crippen LogP contribution in [-0.2, 0) is 0 Å². The Morgan fingerprint density at radius 1 is 1.58 bits per heavy atom. The van der Waals surface area contributed by atoms with Gasteiger partial charge < -0.3 is 15.2 Å². The van der Waals surface area contributed by atoms with E-state index in [1.165, 1.54) is 12.7 Å². The SMILES string of the molecule is CC(C)NCC1CCCCN1c1nc[nH]c(=O)c1Br. The molecule has 6 heteroatoms. The van der Waals surface area contributed by atoms with E-state index in [9.17, 15) is 4.79 Å². The van der Waals surface area contributed by atoms with E-state index in [2.05, 4.69) is 50.0 Å². The lowest BCUT2D eigenvalue weighted by Crippen LogP contribution is -2.47. The maximum absolute atomic E-state index is 11.7. The normalized spacial score (nSPS) is 20.0. The summed E-state index contributed by atoms with van der Waals surface area (Å²) in [5.74, 6) is 0.763. The number of H-pyrrole nitrogens is 1. The van der Waals surface area contributed by atoms with E-state index in [0.29, 0.717) is 16.6 Å². The van der Waals surface area contributed by atoms with Crippen molar-refractivity contribution < 1.29 is 0 Å². The molecule has 106 valence electrons. The zero-order valence-corrected chi connectivity index (χ0v) is 13.0. The van der Waals surface area contributed by atoms with Gasteiger partial charge >= 0.3 is 0 Å². The Hall–Kier alpha value is -0.880. The molecule has 0 spiro atoms. The number of hydrogen-bond donors (Lipinski definition) is 2. The molecule has 1 saturated heterocycles. The summed E-state index contributed by atoms with van der Waals surface area (Å²) in [5, 5.41) is 3.48. The first kappa shape index (κ1) is 14.5. The van der Waals surface area contributed by atoms with Crippen molar-refractivity contribution in [3.8, 4) is 0 Å². The topological polar surface area (TPSA) is 61.0 Å². The Morgan fingerprint density at radius 2 is 2.37 bits per heavy atom. The van der Waals surface area contributed by atoms with Gasteiger partial charge in [-0.05, 0) is 35.2 Å². The summed E-state index contributed by atoms with van der Waals surface area (Å²) in [4.78, 5) is 20.8. The Morgan fingerprint density at radius 3 is 3.11 bits per heavy atom. The van der Waals surface area contributed by atoms with E-state index in [4.69, 9.17) is 0 Å². The molecule has 2 N–H and O–H groups in total. The van der Waals surface area contributed by atoms with Crippen LogP contribution in [0.1, 0.15) is 33.1 Å². The second-order valence-corrected chi connectivity index (χ2v) is 6.07. The average molecular weight is 329 g/mol. The van der Waals surface area contributed by atoms with Gasteiger partial charge in [-0.1, -0.05) is 13.8 Å². The van der Waals surface area contributed by atoms with Crippen LogP contribution >= 0.6 is 15.9 Å². The Balaban J connectivity index is 2.19. The van der Waals surface area contributed by atoms with Crippen molar-refractivity contribution in [1.29, 1.82) is 0 Å². The Labute approximate surface area is 121 Å². The van der Waals surface area contributed by atoms with Gasteiger partial charge in [0.05, 0.1) is 6.33 Å². The van der Waals surface area contributed by atoms with Gasteiger partial charge in [-0.25, -0.2) is 4.98 Å². The van der Waals surface area contributed by atoms with Crippen LogP contribution in [0.25, 0.3) is 0 Å². The maximum atomic E-state index is 11.7. The lowest BCUT2D eigenvalue weighted by Gasteiger charge is -2.37. The number of aromatic nitrogens is 2. The third kappa shape index (κ3) is 3.57. The van der Waals surface area contributed by atoms with Crippen molar-refractivity contribution in [2.75, 3.05) is 18.0 Å². The first-order chi connectivity index (χ1) is 9.09. The van der Waals surface area contributed by atoms with Gasteiger partial charge in [0.15, 0.2) is 5.82 Å². The highest BCUT2D eigenvalue weighted by molar-refractivity contribution is 9.10. The summed E-state index contributed by atoms with van der Waals surface area (Å²) >= 11 is 3.35. The molecule has 0 aromatic carbocycles. The molecule has 2 heterocycles. The van der Waals surface area contributed by atoms with Crippen LogP contribution in [0.2, 0.25) is 0 Å². The number of rotatable bonds is 4. The first-order valence-corrected chi connectivity index (χ1v) is 7.62. The lowest BCUT2D eigenvalue weighted by molar-refractivity contribution is 0.418. The van der Waals surface area contributed by atoms with Crippen LogP contribution in [0, 0.1) is 0 Å². The van der Waals surface area contributed by atoms with E-state index in [-0.39, 0.29) is 5.56 Å². The summed E-state index contributed by atoms with van der Waals surface area (Å²) in [7, 11) is 0. The molecule has 19 heavy (non-hydrogen) atoms. The lowest BCUT2D eigenvalue weighted by atomic mass is 10.0. The van der Waals surface area contributed by atoms with Gasteiger partial charge in [0, 0.05) is 25.2 Å². The van der Waals surface area contributed by atoms with Crippen molar-refractivity contribution in [3.63, 3.8) is 0 Å². The number of nitrogens with zero attached hydrogens (tertiary/aromatic N) is 2. The number of nitrogens with one attached hydrogen (secondary N) is 2. The van der Waals surface area contributed by atoms with Crippen LogP contribution in [-0.4, -0.2) is 35.1 Å². The van der Waals surface area contributed by atoms with Gasteiger partial charge in [-0.2, -0.15) is 0 Å². The van der Waals surface area contributed by atoms with Crippen molar-refractivity contribution >= 4 is 21.7 Å². The molecule has 1 unspecified atom stereocenters. The van der Waals surface area contributed by atoms with E-state index in [1.807, 2.05) is 0 Å². The smallest absolute Gasteiger partial charge is 0.267 e. The van der Waals surface area contributed by atoms with Gasteiger partial charge in [0.25, 0.3) is 5.56 Å². The molecule has 2 rings (SSSR count). The van der Waals surface area contributed by atoms with Crippen LogP contribution in [0.5, 0.6) is 0 Å². The monoisotopic (exact) mass is 328 g/mol.